The van der Waals surface area contributed by atoms with E-state index in [1.54, 1.807) is 34.9 Å². The van der Waals surface area contributed by atoms with Gasteiger partial charge in [0.25, 0.3) is 5.01 Å². The van der Waals surface area contributed by atoms with Gasteiger partial charge < -0.3 is 4.90 Å². The summed E-state index contributed by atoms with van der Waals surface area (Å²) in [4.78, 5) is 18.3. The first kappa shape index (κ1) is 24.4. The van der Waals surface area contributed by atoms with Crippen molar-refractivity contribution in [2.24, 2.45) is 0 Å². The maximum Gasteiger partial charge on any atom is 0.263 e. The Balaban J connectivity index is 1.57. The minimum atomic E-state index is 0.161. The third-order valence-electron chi connectivity index (χ3n) is 6.04. The molecule has 1 aromatic heterocycles. The Morgan fingerprint density at radius 3 is 2.57 bits per heavy atom. The van der Waals surface area contributed by atoms with Crippen molar-refractivity contribution in [3.63, 3.8) is 0 Å². The number of rotatable bonds is 8. The number of ketones is 1. The van der Waals surface area contributed by atoms with E-state index in [1.807, 2.05) is 0 Å². The van der Waals surface area contributed by atoms with E-state index in [4.69, 9.17) is 0 Å². The van der Waals surface area contributed by atoms with E-state index in [-0.39, 0.29) is 5.78 Å². The summed E-state index contributed by atoms with van der Waals surface area (Å²) >= 11 is 5.35. The summed E-state index contributed by atoms with van der Waals surface area (Å²) < 4.78 is 3.63. The average Bonchev–Trinajstić information content (AvgIpc) is 3.38. The molecule has 35 heavy (non-hydrogen) atoms. The Hall–Kier alpha value is -2.28. The van der Waals surface area contributed by atoms with Crippen LogP contribution in [0.2, 0.25) is 0 Å². The van der Waals surface area contributed by atoms with Gasteiger partial charge in [-0.2, -0.15) is 4.57 Å². The van der Waals surface area contributed by atoms with E-state index >= 15 is 0 Å². The molecule has 0 N–H and O–H groups in total. The molecule has 0 spiro atoms. The van der Waals surface area contributed by atoms with Crippen LogP contribution in [-0.4, -0.2) is 17.6 Å². The van der Waals surface area contributed by atoms with E-state index in [9.17, 15) is 4.79 Å². The fourth-order valence-electron chi connectivity index (χ4n) is 4.53. The van der Waals surface area contributed by atoms with Crippen molar-refractivity contribution in [3.8, 4) is 0 Å². The number of hydrogen-bond donors (Lipinski definition) is 0. The van der Waals surface area contributed by atoms with Gasteiger partial charge in [-0.1, -0.05) is 75.1 Å². The largest absolute Gasteiger partial charge is 0.335 e. The monoisotopic (exact) mass is 519 g/mol. The zero-order chi connectivity index (χ0) is 24.5. The van der Waals surface area contributed by atoms with Gasteiger partial charge >= 0.3 is 0 Å². The molecule has 0 amide bonds. The molecule has 2 aliphatic rings. The molecule has 1 aliphatic heterocycles. The molecule has 3 aromatic rings. The predicted molar refractivity (Wildman–Crippen MR) is 153 cm³/mol. The molecule has 5 rings (SSSR count). The van der Waals surface area contributed by atoms with Crippen LogP contribution >= 0.6 is 34.9 Å². The molecule has 0 fully saturated rings. The Morgan fingerprint density at radius 2 is 1.80 bits per heavy atom. The van der Waals surface area contributed by atoms with Gasteiger partial charge in [0, 0.05) is 51.3 Å². The zero-order valence-corrected chi connectivity index (χ0v) is 23.2. The lowest BCUT2D eigenvalue weighted by Gasteiger charge is -2.26. The standard InChI is InChI=1S/C29H31N2OS3/c1-5-15-30-22-11-7-9-13-24(22)34-26(30)17-20-28(32)21(29(20)33-19(3)4)18-27-31(16-6-2)23-12-8-10-14-25(23)35-27/h7-14,17-19H,5-6,15-16H2,1-4H3/q+1. The van der Waals surface area contributed by atoms with E-state index < -0.39 is 0 Å². The lowest BCUT2D eigenvalue weighted by Crippen LogP contribution is -2.35. The second-order valence-corrected chi connectivity index (χ2v) is 12.8. The fraction of sp³-hybridized carbons (Fsp3) is 0.310. The van der Waals surface area contributed by atoms with Crippen LogP contribution in [0.25, 0.3) is 16.3 Å². The number of allylic oxidation sites excluding steroid dienone is 3. The van der Waals surface area contributed by atoms with Crippen LogP contribution in [0, 0.1) is 0 Å². The molecule has 0 radical (unpaired) electrons. The van der Waals surface area contributed by atoms with Gasteiger partial charge in [-0.15, -0.1) is 11.8 Å². The number of nitrogens with zero attached hydrogens (tertiary/aromatic N) is 2. The van der Waals surface area contributed by atoms with Crippen LogP contribution in [0.3, 0.4) is 0 Å². The van der Waals surface area contributed by atoms with Crippen molar-refractivity contribution in [2.45, 2.75) is 57.2 Å². The fourth-order valence-corrected chi connectivity index (χ4v) is 7.83. The van der Waals surface area contributed by atoms with E-state index in [0.29, 0.717) is 5.25 Å². The summed E-state index contributed by atoms with van der Waals surface area (Å²) in [6.07, 6.45) is 6.38. The quantitative estimate of drug-likeness (QED) is 0.224. The lowest BCUT2D eigenvalue weighted by atomic mass is 9.89. The van der Waals surface area contributed by atoms with Gasteiger partial charge in [-0.25, -0.2) is 0 Å². The number of benzene rings is 2. The molecular weight excluding hydrogens is 489 g/mol. The van der Waals surface area contributed by atoms with Crippen molar-refractivity contribution in [2.75, 3.05) is 11.4 Å². The topological polar surface area (TPSA) is 24.2 Å². The number of Topliss-reactive ketones (excluding diaryl/α,β-unsaturated/α-hetero) is 1. The van der Waals surface area contributed by atoms with Crippen LogP contribution < -0.4 is 9.47 Å². The van der Waals surface area contributed by atoms with Crippen molar-refractivity contribution in [1.29, 1.82) is 0 Å². The molecule has 0 atom stereocenters. The maximum absolute atomic E-state index is 13.6. The molecule has 6 heteroatoms. The highest BCUT2D eigenvalue weighted by Crippen LogP contribution is 2.49. The summed E-state index contributed by atoms with van der Waals surface area (Å²) in [5, 5.41) is 2.71. The number of fused-ring (bicyclic) bond motifs is 2. The third kappa shape index (κ3) is 4.64. The van der Waals surface area contributed by atoms with Crippen LogP contribution in [0.4, 0.5) is 5.69 Å². The number of hydrogen-bond acceptors (Lipinski definition) is 5. The first-order valence-electron chi connectivity index (χ1n) is 12.4. The first-order valence-corrected chi connectivity index (χ1v) is 14.9. The highest BCUT2D eigenvalue weighted by atomic mass is 32.2. The minimum Gasteiger partial charge on any atom is -0.335 e. The number of thiazole rings is 1. The highest BCUT2D eigenvalue weighted by Gasteiger charge is 2.36. The molecule has 2 heterocycles. The number of anilines is 1. The second kappa shape index (κ2) is 10.4. The van der Waals surface area contributed by atoms with Gasteiger partial charge in [0.2, 0.25) is 5.52 Å². The second-order valence-electron chi connectivity index (χ2n) is 9.06. The number of para-hydroxylation sites is 2. The van der Waals surface area contributed by atoms with Crippen LogP contribution in [0.5, 0.6) is 0 Å². The Morgan fingerprint density at radius 1 is 1.03 bits per heavy atom. The molecule has 3 nitrogen and oxygen atoms in total. The first-order chi connectivity index (χ1) is 17.0. The molecule has 0 bridgehead atoms. The third-order valence-corrected chi connectivity index (χ3v) is 9.41. The number of carbonyl (C=O) groups excluding carboxylic acids is 1. The lowest BCUT2D eigenvalue weighted by molar-refractivity contribution is -0.668. The van der Waals surface area contributed by atoms with Crippen LogP contribution in [-0.2, 0) is 11.3 Å². The van der Waals surface area contributed by atoms with E-state index in [0.717, 1.165) is 52.0 Å². The maximum atomic E-state index is 13.6. The smallest absolute Gasteiger partial charge is 0.263 e. The van der Waals surface area contributed by atoms with Crippen molar-refractivity contribution < 1.29 is 9.36 Å². The van der Waals surface area contributed by atoms with E-state index in [2.05, 4.69) is 97.8 Å². The van der Waals surface area contributed by atoms with Gasteiger partial charge in [0.05, 0.1) is 10.7 Å². The summed E-state index contributed by atoms with van der Waals surface area (Å²) in [7, 11) is 0. The summed E-state index contributed by atoms with van der Waals surface area (Å²) in [5.41, 5.74) is 4.21. The number of thioether (sulfide) groups is 2. The molecule has 2 aromatic carbocycles. The predicted octanol–water partition coefficient (Wildman–Crippen LogP) is 7.82. The summed E-state index contributed by atoms with van der Waals surface area (Å²) in [6.45, 7) is 10.7. The highest BCUT2D eigenvalue weighted by molar-refractivity contribution is 8.04. The van der Waals surface area contributed by atoms with Crippen LogP contribution in [0.15, 0.2) is 80.6 Å². The number of aryl methyl sites for hydroxylation is 1. The summed E-state index contributed by atoms with van der Waals surface area (Å²) in [5.74, 6) is 0.161. The molecule has 0 saturated carbocycles. The Kier molecular flexibility index (Phi) is 7.24. The SMILES string of the molecule is CCCN1/C(=C\C2=C(SC(C)C)C(=C\c3sc4ccccc4[n+]3CCC)/C2=O)Sc2ccccc21. The van der Waals surface area contributed by atoms with Crippen molar-refractivity contribution in [1.82, 2.24) is 0 Å². The number of aromatic nitrogens is 1. The Labute approximate surface area is 220 Å². The normalized spacial score (nSPS) is 17.9. The molecule has 1 aliphatic carbocycles. The van der Waals surface area contributed by atoms with E-state index in [1.165, 1.54) is 20.8 Å². The van der Waals surface area contributed by atoms with Gasteiger partial charge in [-0.3, -0.25) is 4.79 Å². The molecular formula is C29H31N2OS3+. The molecule has 0 saturated heterocycles. The Bertz CT molecular complexity index is 1380. The van der Waals surface area contributed by atoms with Gasteiger partial charge in [-0.05, 0) is 30.7 Å². The van der Waals surface area contributed by atoms with Crippen molar-refractivity contribution in [3.05, 3.63) is 80.7 Å². The van der Waals surface area contributed by atoms with Gasteiger partial charge in [0.1, 0.15) is 11.2 Å². The van der Waals surface area contributed by atoms with Crippen molar-refractivity contribution >= 4 is 62.6 Å². The molecule has 180 valence electrons. The van der Waals surface area contributed by atoms with Gasteiger partial charge in [0.15, 0.2) is 5.78 Å². The zero-order valence-electron chi connectivity index (χ0n) is 20.7. The average molecular weight is 520 g/mol. The minimum absolute atomic E-state index is 0.161. The molecule has 0 unspecified atom stereocenters. The van der Waals surface area contributed by atoms with Crippen LogP contribution in [0.1, 0.15) is 45.5 Å². The summed E-state index contributed by atoms with van der Waals surface area (Å²) in [6, 6.07) is 17.1. The number of carbonyl (C=O) groups is 1.